The molecule has 0 fully saturated rings. The van der Waals surface area contributed by atoms with Crippen LogP contribution in [0.4, 0.5) is 5.69 Å². The van der Waals surface area contributed by atoms with Gasteiger partial charge in [-0.3, -0.25) is 0 Å². The molecule has 18 heavy (non-hydrogen) atoms. The second-order valence-corrected chi connectivity index (χ2v) is 6.09. The molecule has 1 aliphatic rings. The van der Waals surface area contributed by atoms with Crippen molar-refractivity contribution in [2.24, 2.45) is 0 Å². The van der Waals surface area contributed by atoms with Gasteiger partial charge in [0, 0.05) is 10.7 Å². The van der Waals surface area contributed by atoms with E-state index in [1.54, 1.807) is 6.20 Å². The molecule has 0 bridgehead atoms. The molecule has 0 amide bonds. The predicted octanol–water partition coefficient (Wildman–Crippen LogP) is 4.71. The molecule has 1 heterocycles. The third-order valence-electron chi connectivity index (χ3n) is 3.27. The largest absolute Gasteiger partial charge is 0.376 e. The monoisotopic (exact) mass is 366 g/mol. The van der Waals surface area contributed by atoms with Crippen LogP contribution < -0.4 is 5.32 Å². The van der Waals surface area contributed by atoms with Gasteiger partial charge in [0.2, 0.25) is 0 Å². The molecule has 1 aromatic carbocycles. The van der Waals surface area contributed by atoms with Gasteiger partial charge in [-0.1, -0.05) is 22.0 Å². The van der Waals surface area contributed by atoms with Crippen molar-refractivity contribution in [3.63, 3.8) is 0 Å². The summed E-state index contributed by atoms with van der Waals surface area (Å²) in [7, 11) is 0. The molecule has 4 heteroatoms. The first-order chi connectivity index (χ1) is 8.74. The molecule has 92 valence electrons. The van der Waals surface area contributed by atoms with Crippen molar-refractivity contribution in [2.75, 3.05) is 5.32 Å². The van der Waals surface area contributed by atoms with E-state index in [1.165, 1.54) is 11.1 Å². The predicted molar refractivity (Wildman–Crippen MR) is 80.8 cm³/mol. The number of pyridine rings is 1. The van der Waals surface area contributed by atoms with Crippen LogP contribution >= 0.6 is 31.9 Å². The first-order valence-corrected chi connectivity index (χ1v) is 7.48. The van der Waals surface area contributed by atoms with Gasteiger partial charge < -0.3 is 5.32 Å². The number of halogens is 2. The minimum atomic E-state index is 0.373. The number of hydrogen-bond donors (Lipinski definition) is 1. The van der Waals surface area contributed by atoms with Crippen molar-refractivity contribution in [3.05, 3.63) is 56.7 Å². The van der Waals surface area contributed by atoms with E-state index < -0.39 is 0 Å². The fourth-order valence-corrected chi connectivity index (χ4v) is 3.15. The molecule has 1 N–H and O–H groups in total. The van der Waals surface area contributed by atoms with E-state index >= 15 is 0 Å². The smallest absolute Gasteiger partial charge is 0.129 e. The molecule has 2 nitrogen and oxygen atoms in total. The summed E-state index contributed by atoms with van der Waals surface area (Å²) in [4.78, 5) is 4.24. The fraction of sp³-hybridized carbons (Fsp3) is 0.214. The summed E-state index contributed by atoms with van der Waals surface area (Å²) in [5.41, 5.74) is 3.88. The molecule has 0 spiro atoms. The molecular weight excluding hydrogens is 356 g/mol. The summed E-state index contributed by atoms with van der Waals surface area (Å²) < 4.78 is 2.01. The van der Waals surface area contributed by atoms with Crippen molar-refractivity contribution < 1.29 is 0 Å². The van der Waals surface area contributed by atoms with Crippen LogP contribution in [0.1, 0.15) is 23.6 Å². The van der Waals surface area contributed by atoms with E-state index in [-0.39, 0.29) is 0 Å². The lowest BCUT2D eigenvalue weighted by molar-refractivity contribution is 0.760. The first kappa shape index (κ1) is 12.2. The van der Waals surface area contributed by atoms with E-state index in [0.29, 0.717) is 6.04 Å². The van der Waals surface area contributed by atoms with Crippen LogP contribution in [0, 0.1) is 0 Å². The SMILES string of the molecule is Brc1ccc2c(c1)C(Nc1cccnc1Br)CC2. The quantitative estimate of drug-likeness (QED) is 0.777. The van der Waals surface area contributed by atoms with Crippen molar-refractivity contribution in [1.29, 1.82) is 0 Å². The van der Waals surface area contributed by atoms with Crippen molar-refractivity contribution in [1.82, 2.24) is 4.98 Å². The van der Waals surface area contributed by atoms with Gasteiger partial charge in [-0.2, -0.15) is 0 Å². The van der Waals surface area contributed by atoms with E-state index in [0.717, 1.165) is 27.6 Å². The van der Waals surface area contributed by atoms with Crippen molar-refractivity contribution in [2.45, 2.75) is 18.9 Å². The Balaban J connectivity index is 1.89. The summed E-state index contributed by atoms with van der Waals surface area (Å²) in [6.07, 6.45) is 4.06. The zero-order chi connectivity index (χ0) is 12.5. The highest BCUT2D eigenvalue weighted by Crippen LogP contribution is 2.36. The number of nitrogens with zero attached hydrogens (tertiary/aromatic N) is 1. The molecule has 1 aromatic heterocycles. The van der Waals surface area contributed by atoms with Crippen LogP contribution in [0.2, 0.25) is 0 Å². The lowest BCUT2D eigenvalue weighted by Gasteiger charge is -2.16. The Labute approximate surface area is 123 Å². The Morgan fingerprint density at radius 2 is 2.11 bits per heavy atom. The van der Waals surface area contributed by atoms with Gasteiger partial charge in [0.15, 0.2) is 0 Å². The second-order valence-electron chi connectivity index (χ2n) is 4.42. The summed E-state index contributed by atoms with van der Waals surface area (Å²) in [6, 6.07) is 10.9. The zero-order valence-corrected chi connectivity index (χ0v) is 12.8. The zero-order valence-electron chi connectivity index (χ0n) is 9.66. The number of aromatic nitrogens is 1. The van der Waals surface area contributed by atoms with Crippen LogP contribution in [0.15, 0.2) is 45.6 Å². The number of nitrogens with one attached hydrogen (secondary N) is 1. The summed E-state index contributed by atoms with van der Waals surface area (Å²) in [5, 5.41) is 3.56. The highest BCUT2D eigenvalue weighted by Gasteiger charge is 2.22. The van der Waals surface area contributed by atoms with E-state index in [1.807, 2.05) is 12.1 Å². The van der Waals surface area contributed by atoms with Crippen LogP contribution in [-0.4, -0.2) is 4.98 Å². The first-order valence-electron chi connectivity index (χ1n) is 5.89. The molecule has 0 aliphatic heterocycles. The maximum atomic E-state index is 4.24. The Morgan fingerprint density at radius 1 is 1.22 bits per heavy atom. The minimum Gasteiger partial charge on any atom is -0.376 e. The maximum Gasteiger partial charge on any atom is 0.129 e. The number of rotatable bonds is 2. The molecule has 1 unspecified atom stereocenters. The van der Waals surface area contributed by atoms with Crippen molar-refractivity contribution >= 4 is 37.5 Å². The number of benzene rings is 1. The summed E-state index contributed by atoms with van der Waals surface area (Å²) >= 11 is 7.02. The van der Waals surface area contributed by atoms with Crippen LogP contribution in [0.25, 0.3) is 0 Å². The Hall–Kier alpha value is -0.870. The maximum absolute atomic E-state index is 4.24. The van der Waals surface area contributed by atoms with E-state index in [4.69, 9.17) is 0 Å². The topological polar surface area (TPSA) is 24.9 Å². The molecule has 0 saturated carbocycles. The number of fused-ring (bicyclic) bond motifs is 1. The summed E-state index contributed by atoms with van der Waals surface area (Å²) in [5.74, 6) is 0. The molecule has 1 aliphatic carbocycles. The molecule has 0 radical (unpaired) electrons. The molecule has 2 aromatic rings. The standard InChI is InChI=1S/C14H12Br2N2/c15-10-5-3-9-4-6-12(11(9)8-10)18-13-2-1-7-17-14(13)16/h1-3,5,7-8,12,18H,4,6H2. The minimum absolute atomic E-state index is 0.373. The van der Waals surface area contributed by atoms with Crippen LogP contribution in [0.3, 0.4) is 0 Å². The average Bonchev–Trinajstić information content (AvgIpc) is 2.75. The second kappa shape index (κ2) is 5.02. The van der Waals surface area contributed by atoms with Gasteiger partial charge in [-0.05, 0) is 64.2 Å². The highest BCUT2D eigenvalue weighted by molar-refractivity contribution is 9.10. The van der Waals surface area contributed by atoms with Gasteiger partial charge in [0.1, 0.15) is 4.60 Å². The van der Waals surface area contributed by atoms with Gasteiger partial charge in [-0.25, -0.2) is 4.98 Å². The van der Waals surface area contributed by atoms with Gasteiger partial charge in [0.25, 0.3) is 0 Å². The average molecular weight is 368 g/mol. The van der Waals surface area contributed by atoms with E-state index in [2.05, 4.69) is 60.4 Å². The molecule has 0 saturated heterocycles. The summed E-state index contributed by atoms with van der Waals surface area (Å²) in [6.45, 7) is 0. The third-order valence-corrected chi connectivity index (χ3v) is 4.40. The molecule has 3 rings (SSSR count). The van der Waals surface area contributed by atoms with Gasteiger partial charge in [0.05, 0.1) is 11.7 Å². The van der Waals surface area contributed by atoms with Crippen molar-refractivity contribution in [3.8, 4) is 0 Å². The lowest BCUT2D eigenvalue weighted by atomic mass is 10.1. The van der Waals surface area contributed by atoms with E-state index in [9.17, 15) is 0 Å². The molecular formula is C14H12Br2N2. The van der Waals surface area contributed by atoms with Crippen LogP contribution in [-0.2, 0) is 6.42 Å². The van der Waals surface area contributed by atoms with Gasteiger partial charge in [-0.15, -0.1) is 0 Å². The molecule has 1 atom stereocenters. The number of aryl methyl sites for hydroxylation is 1. The third kappa shape index (κ3) is 2.31. The van der Waals surface area contributed by atoms with Crippen LogP contribution in [0.5, 0.6) is 0 Å². The Kier molecular flexibility index (Phi) is 3.39. The fourth-order valence-electron chi connectivity index (χ4n) is 2.40. The highest BCUT2D eigenvalue weighted by atomic mass is 79.9. The Morgan fingerprint density at radius 3 is 2.94 bits per heavy atom. The lowest BCUT2D eigenvalue weighted by Crippen LogP contribution is -2.07. The normalized spacial score (nSPS) is 17.6. The Bertz CT molecular complexity index is 584. The van der Waals surface area contributed by atoms with Gasteiger partial charge >= 0.3 is 0 Å². The number of anilines is 1. The number of hydrogen-bond acceptors (Lipinski definition) is 2.